The molecule has 2 aliphatic rings. The number of piperazine rings is 1. The molecule has 0 aliphatic carbocycles. The third-order valence-corrected chi connectivity index (χ3v) is 5.34. The SMILES string of the molecule is Cc1cc(N2CCCCC2)nc(N2CCN(C(=O)c3cnoc3C)CC2)n1. The van der Waals surface area contributed by atoms with Gasteiger partial charge in [-0.1, -0.05) is 5.16 Å². The number of hydrogen-bond donors (Lipinski definition) is 0. The molecule has 4 rings (SSSR count). The quantitative estimate of drug-likeness (QED) is 0.818. The van der Waals surface area contributed by atoms with E-state index < -0.39 is 0 Å². The molecule has 8 heteroatoms. The number of amides is 1. The first-order valence-electron chi connectivity index (χ1n) is 9.68. The molecular weight excluding hydrogens is 344 g/mol. The Morgan fingerprint density at radius 1 is 0.963 bits per heavy atom. The largest absolute Gasteiger partial charge is 0.361 e. The molecule has 0 spiro atoms. The third kappa shape index (κ3) is 3.74. The fraction of sp³-hybridized carbons (Fsp3) is 0.579. The molecule has 0 bridgehead atoms. The molecule has 0 aromatic carbocycles. The molecule has 2 saturated heterocycles. The molecule has 0 unspecified atom stereocenters. The maximum absolute atomic E-state index is 12.6. The van der Waals surface area contributed by atoms with E-state index in [1.54, 1.807) is 6.92 Å². The fourth-order valence-electron chi connectivity index (χ4n) is 3.75. The molecule has 27 heavy (non-hydrogen) atoms. The second-order valence-electron chi connectivity index (χ2n) is 7.29. The summed E-state index contributed by atoms with van der Waals surface area (Å²) in [5.74, 6) is 2.34. The Balaban J connectivity index is 1.44. The van der Waals surface area contributed by atoms with Crippen molar-refractivity contribution in [3.8, 4) is 0 Å². The summed E-state index contributed by atoms with van der Waals surface area (Å²) >= 11 is 0. The van der Waals surface area contributed by atoms with Crippen molar-refractivity contribution < 1.29 is 9.32 Å². The Hall–Kier alpha value is -2.64. The number of nitrogens with zero attached hydrogens (tertiary/aromatic N) is 6. The van der Waals surface area contributed by atoms with Gasteiger partial charge in [0.25, 0.3) is 5.91 Å². The summed E-state index contributed by atoms with van der Waals surface area (Å²) in [4.78, 5) is 28.5. The first kappa shape index (κ1) is 17.8. The van der Waals surface area contributed by atoms with Gasteiger partial charge in [-0.2, -0.15) is 4.98 Å². The zero-order valence-electron chi connectivity index (χ0n) is 16.0. The average Bonchev–Trinajstić information content (AvgIpc) is 3.13. The normalized spacial score (nSPS) is 18.1. The molecule has 2 aromatic heterocycles. The highest BCUT2D eigenvalue weighted by Crippen LogP contribution is 2.22. The van der Waals surface area contributed by atoms with Crippen molar-refractivity contribution in [1.82, 2.24) is 20.0 Å². The van der Waals surface area contributed by atoms with Crippen LogP contribution in [0.15, 0.2) is 16.8 Å². The van der Waals surface area contributed by atoms with E-state index in [1.807, 2.05) is 11.8 Å². The van der Waals surface area contributed by atoms with E-state index in [0.717, 1.165) is 43.6 Å². The summed E-state index contributed by atoms with van der Waals surface area (Å²) in [7, 11) is 0. The number of anilines is 2. The smallest absolute Gasteiger partial charge is 0.259 e. The van der Waals surface area contributed by atoms with E-state index >= 15 is 0 Å². The second kappa shape index (κ2) is 7.54. The highest BCUT2D eigenvalue weighted by atomic mass is 16.5. The Bertz CT molecular complexity index is 806. The zero-order chi connectivity index (χ0) is 18.8. The monoisotopic (exact) mass is 370 g/mol. The van der Waals surface area contributed by atoms with Crippen LogP contribution in [0, 0.1) is 13.8 Å². The highest BCUT2D eigenvalue weighted by Gasteiger charge is 2.26. The van der Waals surface area contributed by atoms with Crippen LogP contribution in [0.4, 0.5) is 11.8 Å². The number of piperidine rings is 1. The lowest BCUT2D eigenvalue weighted by Crippen LogP contribution is -2.49. The van der Waals surface area contributed by atoms with E-state index in [2.05, 4.69) is 26.0 Å². The van der Waals surface area contributed by atoms with Crippen molar-refractivity contribution in [2.24, 2.45) is 0 Å². The topological polar surface area (TPSA) is 78.6 Å². The zero-order valence-corrected chi connectivity index (χ0v) is 16.0. The van der Waals surface area contributed by atoms with E-state index in [4.69, 9.17) is 9.51 Å². The molecule has 4 heterocycles. The standard InChI is InChI=1S/C19H26N6O2/c1-14-12-17(23-6-4-3-5-7-23)22-19(21-14)25-10-8-24(9-11-25)18(26)16-13-20-27-15(16)2/h12-13H,3-11H2,1-2H3. The summed E-state index contributed by atoms with van der Waals surface area (Å²) in [5, 5.41) is 3.71. The van der Waals surface area contributed by atoms with Gasteiger partial charge in [-0.05, 0) is 33.1 Å². The minimum Gasteiger partial charge on any atom is -0.361 e. The van der Waals surface area contributed by atoms with Crippen LogP contribution in [-0.2, 0) is 0 Å². The van der Waals surface area contributed by atoms with Gasteiger partial charge in [0.1, 0.15) is 17.1 Å². The van der Waals surface area contributed by atoms with Crippen molar-refractivity contribution in [3.63, 3.8) is 0 Å². The van der Waals surface area contributed by atoms with Crippen LogP contribution in [-0.4, -0.2) is 65.2 Å². The molecule has 2 aromatic rings. The minimum atomic E-state index is -0.0208. The Morgan fingerprint density at radius 3 is 2.37 bits per heavy atom. The summed E-state index contributed by atoms with van der Waals surface area (Å²) in [6.45, 7) is 8.64. The van der Waals surface area contributed by atoms with Gasteiger partial charge < -0.3 is 19.2 Å². The van der Waals surface area contributed by atoms with Crippen LogP contribution in [0.3, 0.4) is 0 Å². The van der Waals surface area contributed by atoms with Crippen LogP contribution < -0.4 is 9.80 Å². The van der Waals surface area contributed by atoms with Gasteiger partial charge in [-0.25, -0.2) is 4.98 Å². The van der Waals surface area contributed by atoms with Gasteiger partial charge in [0, 0.05) is 51.0 Å². The number of rotatable bonds is 3. The highest BCUT2D eigenvalue weighted by molar-refractivity contribution is 5.94. The summed E-state index contributed by atoms with van der Waals surface area (Å²) in [5.41, 5.74) is 1.53. The first-order chi connectivity index (χ1) is 13.1. The number of hydrogen-bond acceptors (Lipinski definition) is 7. The van der Waals surface area contributed by atoms with Gasteiger partial charge in [0.2, 0.25) is 5.95 Å². The molecule has 2 aliphatic heterocycles. The van der Waals surface area contributed by atoms with Crippen molar-refractivity contribution in [3.05, 3.63) is 29.3 Å². The van der Waals surface area contributed by atoms with Gasteiger partial charge in [-0.3, -0.25) is 4.79 Å². The van der Waals surface area contributed by atoms with Crippen molar-refractivity contribution in [1.29, 1.82) is 0 Å². The molecule has 2 fully saturated rings. The van der Waals surface area contributed by atoms with E-state index in [9.17, 15) is 4.79 Å². The Kier molecular flexibility index (Phi) is 4.96. The van der Waals surface area contributed by atoms with Crippen LogP contribution in [0.1, 0.15) is 41.1 Å². The maximum atomic E-state index is 12.6. The lowest BCUT2D eigenvalue weighted by molar-refractivity contribution is 0.0744. The van der Waals surface area contributed by atoms with E-state index in [0.29, 0.717) is 24.4 Å². The molecule has 8 nitrogen and oxygen atoms in total. The van der Waals surface area contributed by atoms with Crippen LogP contribution >= 0.6 is 0 Å². The van der Waals surface area contributed by atoms with Crippen LogP contribution in [0.5, 0.6) is 0 Å². The number of aromatic nitrogens is 3. The predicted molar refractivity (Wildman–Crippen MR) is 102 cm³/mol. The minimum absolute atomic E-state index is 0.0208. The lowest BCUT2D eigenvalue weighted by Gasteiger charge is -2.35. The molecule has 0 atom stereocenters. The molecule has 0 saturated carbocycles. The second-order valence-corrected chi connectivity index (χ2v) is 7.29. The Morgan fingerprint density at radius 2 is 1.70 bits per heavy atom. The lowest BCUT2D eigenvalue weighted by atomic mass is 10.1. The summed E-state index contributed by atoms with van der Waals surface area (Å²) in [6, 6.07) is 2.07. The van der Waals surface area contributed by atoms with Gasteiger partial charge in [0.15, 0.2) is 0 Å². The molecular formula is C19H26N6O2. The number of carbonyl (C=O) groups excluding carboxylic acids is 1. The molecule has 0 N–H and O–H groups in total. The maximum Gasteiger partial charge on any atom is 0.259 e. The summed E-state index contributed by atoms with van der Waals surface area (Å²) in [6.07, 6.45) is 5.25. The van der Waals surface area contributed by atoms with E-state index in [-0.39, 0.29) is 5.91 Å². The first-order valence-corrected chi connectivity index (χ1v) is 9.68. The molecule has 1 amide bonds. The predicted octanol–water partition coefficient (Wildman–Crippen LogP) is 2.03. The van der Waals surface area contributed by atoms with Crippen molar-refractivity contribution in [2.45, 2.75) is 33.1 Å². The van der Waals surface area contributed by atoms with Gasteiger partial charge in [0.05, 0.1) is 6.20 Å². The van der Waals surface area contributed by atoms with Crippen LogP contribution in [0.25, 0.3) is 0 Å². The third-order valence-electron chi connectivity index (χ3n) is 5.34. The number of aryl methyl sites for hydroxylation is 2. The van der Waals surface area contributed by atoms with Crippen LogP contribution in [0.2, 0.25) is 0 Å². The van der Waals surface area contributed by atoms with Gasteiger partial charge in [-0.15, -0.1) is 0 Å². The van der Waals surface area contributed by atoms with E-state index in [1.165, 1.54) is 25.5 Å². The summed E-state index contributed by atoms with van der Waals surface area (Å²) < 4.78 is 5.02. The van der Waals surface area contributed by atoms with Gasteiger partial charge >= 0.3 is 0 Å². The fourth-order valence-corrected chi connectivity index (χ4v) is 3.75. The van der Waals surface area contributed by atoms with Crippen molar-refractivity contribution >= 4 is 17.7 Å². The molecule has 144 valence electrons. The number of carbonyl (C=O) groups is 1. The Labute approximate surface area is 159 Å². The van der Waals surface area contributed by atoms with Crippen molar-refractivity contribution in [2.75, 3.05) is 49.1 Å². The average molecular weight is 370 g/mol. The molecule has 0 radical (unpaired) electrons.